The SMILES string of the molecule is Cn1cncc1CN1CCCC(c2cncc(-n3ccnc3)n2)C1. The van der Waals surface area contributed by atoms with Crippen LogP contribution in [0.3, 0.4) is 0 Å². The number of rotatable bonds is 4. The van der Waals surface area contributed by atoms with Crippen molar-refractivity contribution in [1.82, 2.24) is 34.0 Å². The van der Waals surface area contributed by atoms with E-state index in [1.165, 1.54) is 12.1 Å². The van der Waals surface area contributed by atoms with Crippen LogP contribution < -0.4 is 0 Å². The predicted octanol–water partition coefficient (Wildman–Crippen LogP) is 1.78. The number of hydrogen-bond acceptors (Lipinski definition) is 5. The Kier molecular flexibility index (Phi) is 4.08. The van der Waals surface area contributed by atoms with Gasteiger partial charge < -0.3 is 4.57 Å². The van der Waals surface area contributed by atoms with Crippen molar-refractivity contribution in [3.8, 4) is 5.82 Å². The molecule has 0 aromatic carbocycles. The van der Waals surface area contributed by atoms with Crippen LogP contribution in [-0.2, 0) is 13.6 Å². The van der Waals surface area contributed by atoms with Crippen molar-refractivity contribution < 1.29 is 0 Å². The molecule has 24 heavy (non-hydrogen) atoms. The van der Waals surface area contributed by atoms with Crippen LogP contribution in [0.4, 0.5) is 0 Å². The van der Waals surface area contributed by atoms with E-state index in [1.54, 1.807) is 18.7 Å². The first kappa shape index (κ1) is 15.0. The fourth-order valence-corrected chi connectivity index (χ4v) is 3.29. The molecule has 124 valence electrons. The Hall–Kier alpha value is -2.54. The lowest BCUT2D eigenvalue weighted by Crippen LogP contribution is -2.34. The predicted molar refractivity (Wildman–Crippen MR) is 89.6 cm³/mol. The molecule has 0 spiro atoms. The monoisotopic (exact) mass is 323 g/mol. The van der Waals surface area contributed by atoms with Crippen LogP contribution in [-0.4, -0.2) is 47.1 Å². The Balaban J connectivity index is 1.50. The fraction of sp³-hybridized carbons (Fsp3) is 0.412. The highest BCUT2D eigenvalue weighted by atomic mass is 15.2. The van der Waals surface area contributed by atoms with Gasteiger partial charge in [0.15, 0.2) is 5.82 Å². The van der Waals surface area contributed by atoms with Crippen LogP contribution in [0.2, 0.25) is 0 Å². The number of aryl methyl sites for hydroxylation is 1. The van der Waals surface area contributed by atoms with E-state index in [2.05, 4.69) is 24.4 Å². The summed E-state index contributed by atoms with van der Waals surface area (Å²) in [5.41, 5.74) is 2.31. The zero-order chi connectivity index (χ0) is 16.4. The summed E-state index contributed by atoms with van der Waals surface area (Å²) in [7, 11) is 2.05. The van der Waals surface area contributed by atoms with E-state index in [0.717, 1.165) is 37.6 Å². The summed E-state index contributed by atoms with van der Waals surface area (Å²) in [6, 6.07) is 0. The number of aromatic nitrogens is 6. The molecule has 1 aliphatic heterocycles. The molecule has 0 radical (unpaired) electrons. The summed E-state index contributed by atoms with van der Waals surface area (Å²) < 4.78 is 3.98. The first-order chi connectivity index (χ1) is 11.8. The molecule has 1 fully saturated rings. The van der Waals surface area contributed by atoms with Gasteiger partial charge in [-0.05, 0) is 19.4 Å². The first-order valence-electron chi connectivity index (χ1n) is 8.27. The molecule has 4 heterocycles. The van der Waals surface area contributed by atoms with Crippen LogP contribution >= 0.6 is 0 Å². The van der Waals surface area contributed by atoms with E-state index >= 15 is 0 Å². The van der Waals surface area contributed by atoms with Gasteiger partial charge in [0.1, 0.15) is 6.33 Å². The summed E-state index contributed by atoms with van der Waals surface area (Å²) in [5.74, 6) is 1.25. The maximum atomic E-state index is 4.80. The van der Waals surface area contributed by atoms with Crippen molar-refractivity contribution in [3.05, 3.63) is 55.0 Å². The standard InChI is InChI=1S/C17H21N7/c1-22-12-20-7-15(22)11-23-5-2-3-14(10-23)16-8-19-9-17(21-16)24-6-4-18-13-24/h4,6-9,12-14H,2-3,5,10-11H2,1H3. The average molecular weight is 323 g/mol. The van der Waals surface area contributed by atoms with Crippen molar-refractivity contribution in [2.45, 2.75) is 25.3 Å². The lowest BCUT2D eigenvalue weighted by Gasteiger charge is -2.32. The molecular formula is C17H21N7. The molecule has 0 bridgehead atoms. The molecule has 0 N–H and O–H groups in total. The molecule has 7 nitrogen and oxygen atoms in total. The normalized spacial score (nSPS) is 18.8. The minimum absolute atomic E-state index is 0.419. The highest BCUT2D eigenvalue weighted by Gasteiger charge is 2.23. The van der Waals surface area contributed by atoms with Crippen LogP contribution in [0.25, 0.3) is 5.82 Å². The van der Waals surface area contributed by atoms with E-state index < -0.39 is 0 Å². The van der Waals surface area contributed by atoms with Crippen molar-refractivity contribution in [3.63, 3.8) is 0 Å². The molecule has 3 aromatic heterocycles. The molecule has 1 saturated heterocycles. The Bertz CT molecular complexity index is 793. The topological polar surface area (TPSA) is 64.7 Å². The van der Waals surface area contributed by atoms with Crippen molar-refractivity contribution >= 4 is 0 Å². The number of likely N-dealkylation sites (tertiary alicyclic amines) is 1. The van der Waals surface area contributed by atoms with Gasteiger partial charge in [-0.15, -0.1) is 0 Å². The molecule has 7 heteroatoms. The van der Waals surface area contributed by atoms with Crippen molar-refractivity contribution in [2.75, 3.05) is 13.1 Å². The second-order valence-corrected chi connectivity index (χ2v) is 6.34. The summed E-state index contributed by atoms with van der Waals surface area (Å²) >= 11 is 0. The van der Waals surface area contributed by atoms with Gasteiger partial charge in [-0.1, -0.05) is 0 Å². The Morgan fingerprint density at radius 2 is 2.08 bits per heavy atom. The summed E-state index contributed by atoms with van der Waals surface area (Å²) in [4.78, 5) is 20.0. The van der Waals surface area contributed by atoms with Gasteiger partial charge in [0.05, 0.1) is 23.9 Å². The fourth-order valence-electron chi connectivity index (χ4n) is 3.29. The number of nitrogens with zero attached hydrogens (tertiary/aromatic N) is 7. The van der Waals surface area contributed by atoms with E-state index in [-0.39, 0.29) is 0 Å². The lowest BCUT2D eigenvalue weighted by molar-refractivity contribution is 0.194. The third-order valence-electron chi connectivity index (χ3n) is 4.64. The number of piperidine rings is 1. The summed E-state index contributed by atoms with van der Waals surface area (Å²) in [6.07, 6.45) is 15.2. The van der Waals surface area contributed by atoms with Gasteiger partial charge in [-0.2, -0.15) is 0 Å². The van der Waals surface area contributed by atoms with Gasteiger partial charge in [0, 0.05) is 50.8 Å². The highest BCUT2D eigenvalue weighted by Crippen LogP contribution is 2.26. The van der Waals surface area contributed by atoms with Gasteiger partial charge in [-0.3, -0.25) is 14.5 Å². The molecule has 0 saturated carbocycles. The third-order valence-corrected chi connectivity index (χ3v) is 4.64. The van der Waals surface area contributed by atoms with Gasteiger partial charge in [-0.25, -0.2) is 15.0 Å². The van der Waals surface area contributed by atoms with Crippen LogP contribution in [0.15, 0.2) is 43.6 Å². The zero-order valence-electron chi connectivity index (χ0n) is 13.8. The van der Waals surface area contributed by atoms with Gasteiger partial charge in [0.2, 0.25) is 0 Å². The maximum Gasteiger partial charge on any atom is 0.156 e. The van der Waals surface area contributed by atoms with E-state index in [1.807, 2.05) is 36.5 Å². The lowest BCUT2D eigenvalue weighted by atomic mass is 9.95. The van der Waals surface area contributed by atoms with E-state index in [9.17, 15) is 0 Å². The second-order valence-electron chi connectivity index (χ2n) is 6.34. The molecule has 4 rings (SSSR count). The minimum atomic E-state index is 0.419. The average Bonchev–Trinajstić information content (AvgIpc) is 3.28. The molecular weight excluding hydrogens is 302 g/mol. The Labute approximate surface area is 141 Å². The first-order valence-corrected chi connectivity index (χ1v) is 8.27. The molecule has 1 aliphatic rings. The van der Waals surface area contributed by atoms with E-state index in [0.29, 0.717) is 5.92 Å². The van der Waals surface area contributed by atoms with Crippen LogP contribution in [0.5, 0.6) is 0 Å². The van der Waals surface area contributed by atoms with E-state index in [4.69, 9.17) is 4.98 Å². The molecule has 1 unspecified atom stereocenters. The van der Waals surface area contributed by atoms with Gasteiger partial charge in [0.25, 0.3) is 0 Å². The summed E-state index contributed by atoms with van der Waals surface area (Å²) in [6.45, 7) is 3.06. The Morgan fingerprint density at radius 3 is 2.88 bits per heavy atom. The van der Waals surface area contributed by atoms with Crippen molar-refractivity contribution in [2.24, 2.45) is 7.05 Å². The quantitative estimate of drug-likeness (QED) is 0.732. The highest BCUT2D eigenvalue weighted by molar-refractivity contribution is 5.21. The van der Waals surface area contributed by atoms with Crippen LogP contribution in [0, 0.1) is 0 Å². The molecule has 0 aliphatic carbocycles. The minimum Gasteiger partial charge on any atom is -0.337 e. The maximum absolute atomic E-state index is 4.80. The Morgan fingerprint density at radius 1 is 1.12 bits per heavy atom. The molecule has 1 atom stereocenters. The molecule has 0 amide bonds. The molecule has 3 aromatic rings. The second kappa shape index (κ2) is 6.52. The zero-order valence-corrected chi connectivity index (χ0v) is 13.8. The van der Waals surface area contributed by atoms with Gasteiger partial charge >= 0.3 is 0 Å². The summed E-state index contributed by atoms with van der Waals surface area (Å²) in [5, 5.41) is 0. The smallest absolute Gasteiger partial charge is 0.156 e. The number of imidazole rings is 2. The third kappa shape index (κ3) is 3.07. The largest absolute Gasteiger partial charge is 0.337 e. The van der Waals surface area contributed by atoms with Crippen LogP contribution in [0.1, 0.15) is 30.1 Å². The van der Waals surface area contributed by atoms with Crippen molar-refractivity contribution in [1.29, 1.82) is 0 Å². The number of hydrogen-bond donors (Lipinski definition) is 0.